The predicted octanol–water partition coefficient (Wildman–Crippen LogP) is 2.15. The molecule has 1 saturated heterocycles. The molecule has 3 heterocycles. The number of phosphoric ester groups is 1. The van der Waals surface area contributed by atoms with Crippen molar-refractivity contribution in [1.29, 1.82) is 0 Å². The topological polar surface area (TPSA) is 153 Å². The molecule has 1 unspecified atom stereocenters. The zero-order valence-corrected chi connectivity index (χ0v) is 18.1. The van der Waals surface area contributed by atoms with Crippen LogP contribution >= 0.6 is 7.82 Å². The average Bonchev–Trinajstić information content (AvgIpc) is 3.37. The zero-order valence-electron chi connectivity index (χ0n) is 17.2. The molecule has 2 aromatic heterocycles. The summed E-state index contributed by atoms with van der Waals surface area (Å²) in [5.41, 5.74) is 0.970. The van der Waals surface area contributed by atoms with Gasteiger partial charge in [0.2, 0.25) is 5.82 Å². The normalized spacial score (nSPS) is 17.3. The van der Waals surface area contributed by atoms with Crippen molar-refractivity contribution >= 4 is 19.6 Å². The number of tetrazole rings is 1. The SMILES string of the molecule is Cn1nnc(-c2ccc(-c3ccc(N4C[C@@H](C(OP(=O)(O)O)C(F)F)OC4=O)cc3F)cn2)n1. The number of phosphoric acid groups is 1. The van der Waals surface area contributed by atoms with Crippen LogP contribution in [-0.2, 0) is 20.9 Å². The molecule has 4 rings (SSSR count). The third-order valence-corrected chi connectivity index (χ3v) is 5.30. The van der Waals surface area contributed by atoms with Crippen LogP contribution in [0.5, 0.6) is 0 Å². The molecule has 0 saturated carbocycles. The Morgan fingerprint density at radius 3 is 2.59 bits per heavy atom. The monoisotopic (exact) mass is 500 g/mol. The third-order valence-electron chi connectivity index (χ3n) is 4.79. The summed E-state index contributed by atoms with van der Waals surface area (Å²) in [6.07, 6.45) is -7.10. The lowest BCUT2D eigenvalue weighted by Crippen LogP contribution is -2.38. The number of carbonyl (C=O) groups excluding carboxylic acids is 1. The zero-order chi connectivity index (χ0) is 24.6. The van der Waals surface area contributed by atoms with Crippen LogP contribution in [-0.4, -0.2) is 66.2 Å². The van der Waals surface area contributed by atoms with Crippen LogP contribution in [0.2, 0.25) is 0 Å². The number of ether oxygens (including phenoxy) is 1. The van der Waals surface area contributed by atoms with E-state index >= 15 is 0 Å². The van der Waals surface area contributed by atoms with Crippen molar-refractivity contribution in [3.8, 4) is 22.6 Å². The van der Waals surface area contributed by atoms with Crippen molar-refractivity contribution < 1.29 is 41.6 Å². The first-order chi connectivity index (χ1) is 16.0. The number of hydrogen-bond donors (Lipinski definition) is 2. The largest absolute Gasteiger partial charge is 0.470 e. The standard InChI is InChI=1S/C18H16F3N6O6P/c1-26-24-17(23-25-26)13-5-2-9(7-22-13)11-4-3-10(6-12(11)19)27-8-14(32-18(27)28)15(16(20)21)33-34(29,30)31/h2-7,14-16H,8H2,1H3,(H2,29,30,31)/t14-,15?/m0/s1. The van der Waals surface area contributed by atoms with Crippen molar-refractivity contribution in [2.45, 2.75) is 18.6 Å². The molecule has 3 aromatic rings. The van der Waals surface area contributed by atoms with Crippen molar-refractivity contribution in [2.24, 2.45) is 7.05 Å². The number of pyridine rings is 1. The maximum Gasteiger partial charge on any atom is 0.470 e. The van der Waals surface area contributed by atoms with Gasteiger partial charge in [0.15, 0.2) is 12.2 Å². The quantitative estimate of drug-likeness (QED) is 0.462. The smallest absolute Gasteiger partial charge is 0.441 e. The highest BCUT2D eigenvalue weighted by molar-refractivity contribution is 7.46. The summed E-state index contributed by atoms with van der Waals surface area (Å²) in [5, 5.41) is 11.6. The molecule has 1 amide bonds. The number of rotatable bonds is 7. The maximum atomic E-state index is 14.9. The minimum absolute atomic E-state index is 0.00807. The van der Waals surface area contributed by atoms with Crippen molar-refractivity contribution in [1.82, 2.24) is 25.2 Å². The molecule has 0 aliphatic carbocycles. The van der Waals surface area contributed by atoms with Gasteiger partial charge in [-0.3, -0.25) is 14.4 Å². The van der Waals surface area contributed by atoms with E-state index in [0.717, 1.165) is 11.0 Å². The number of nitrogens with zero attached hydrogens (tertiary/aromatic N) is 6. The minimum Gasteiger partial charge on any atom is -0.441 e. The molecule has 2 atom stereocenters. The summed E-state index contributed by atoms with van der Waals surface area (Å²) < 4.78 is 61.2. The molecule has 34 heavy (non-hydrogen) atoms. The van der Waals surface area contributed by atoms with Gasteiger partial charge in [-0.25, -0.2) is 22.5 Å². The highest BCUT2D eigenvalue weighted by Crippen LogP contribution is 2.41. The van der Waals surface area contributed by atoms with Crippen LogP contribution in [0.4, 0.5) is 23.7 Å². The third kappa shape index (κ3) is 5.07. The van der Waals surface area contributed by atoms with Crippen LogP contribution in [0.1, 0.15) is 0 Å². The van der Waals surface area contributed by atoms with Gasteiger partial charge in [0, 0.05) is 17.3 Å². The van der Waals surface area contributed by atoms with Gasteiger partial charge < -0.3 is 14.5 Å². The number of halogens is 3. The Hall–Kier alpha value is -3.39. The highest BCUT2D eigenvalue weighted by Gasteiger charge is 2.45. The van der Waals surface area contributed by atoms with Gasteiger partial charge in [0.25, 0.3) is 6.43 Å². The van der Waals surface area contributed by atoms with Crippen LogP contribution in [0, 0.1) is 5.82 Å². The van der Waals surface area contributed by atoms with E-state index in [9.17, 15) is 22.5 Å². The van der Waals surface area contributed by atoms with Crippen LogP contribution in [0.3, 0.4) is 0 Å². The van der Waals surface area contributed by atoms with Gasteiger partial charge in [-0.05, 0) is 29.5 Å². The second kappa shape index (κ2) is 9.10. The molecular formula is C18H16F3N6O6P. The molecule has 1 aliphatic heterocycles. The fourth-order valence-corrected chi connectivity index (χ4v) is 3.82. The number of anilines is 1. The Morgan fingerprint density at radius 1 is 1.26 bits per heavy atom. The molecule has 0 spiro atoms. The van der Waals surface area contributed by atoms with Gasteiger partial charge in [0.1, 0.15) is 11.5 Å². The molecule has 1 aliphatic rings. The Morgan fingerprint density at radius 2 is 2.03 bits per heavy atom. The van der Waals surface area contributed by atoms with Gasteiger partial charge in [0.05, 0.1) is 19.3 Å². The molecule has 0 radical (unpaired) electrons. The van der Waals surface area contributed by atoms with E-state index in [1.807, 2.05) is 0 Å². The summed E-state index contributed by atoms with van der Waals surface area (Å²) in [7, 11) is -3.68. The van der Waals surface area contributed by atoms with E-state index in [0.29, 0.717) is 11.3 Å². The highest BCUT2D eigenvalue weighted by atomic mass is 31.2. The first-order valence-electron chi connectivity index (χ1n) is 9.52. The van der Waals surface area contributed by atoms with E-state index in [2.05, 4.69) is 24.9 Å². The molecule has 12 nitrogen and oxygen atoms in total. The minimum atomic E-state index is -5.28. The van der Waals surface area contributed by atoms with Gasteiger partial charge in [-0.2, -0.15) is 4.80 Å². The first-order valence-corrected chi connectivity index (χ1v) is 11.1. The Balaban J connectivity index is 1.53. The lowest BCUT2D eigenvalue weighted by molar-refractivity contribution is -0.0610. The molecule has 2 N–H and O–H groups in total. The maximum absolute atomic E-state index is 14.9. The summed E-state index contributed by atoms with van der Waals surface area (Å²) in [5.74, 6) is -0.449. The number of amides is 1. The first kappa shape index (κ1) is 23.8. The van der Waals surface area contributed by atoms with Crippen molar-refractivity contribution in [2.75, 3.05) is 11.4 Å². The van der Waals surface area contributed by atoms with Crippen molar-refractivity contribution in [3.63, 3.8) is 0 Å². The molecular weight excluding hydrogens is 484 g/mol. The van der Waals surface area contributed by atoms with Gasteiger partial charge >= 0.3 is 13.9 Å². The van der Waals surface area contributed by atoms with E-state index in [4.69, 9.17) is 14.5 Å². The van der Waals surface area contributed by atoms with E-state index in [1.54, 1.807) is 19.2 Å². The molecule has 16 heteroatoms. The second-order valence-corrected chi connectivity index (χ2v) is 8.32. The van der Waals surface area contributed by atoms with E-state index in [1.165, 1.54) is 23.1 Å². The van der Waals surface area contributed by atoms with Crippen LogP contribution in [0.15, 0.2) is 36.5 Å². The Labute approximate surface area is 189 Å². The summed E-state index contributed by atoms with van der Waals surface area (Å²) >= 11 is 0. The number of aromatic nitrogens is 5. The van der Waals surface area contributed by atoms with Crippen LogP contribution < -0.4 is 4.90 Å². The van der Waals surface area contributed by atoms with Gasteiger partial charge in [-0.15, -0.1) is 10.2 Å². The number of carbonyl (C=O) groups is 1. The fourth-order valence-electron chi connectivity index (χ4n) is 3.28. The molecule has 0 bridgehead atoms. The summed E-state index contributed by atoms with van der Waals surface area (Å²) in [4.78, 5) is 36.2. The number of benzene rings is 1. The number of alkyl halides is 2. The van der Waals surface area contributed by atoms with E-state index < -0.39 is 44.9 Å². The molecule has 180 valence electrons. The number of cyclic esters (lactones) is 1. The number of hydrogen-bond acceptors (Lipinski definition) is 8. The second-order valence-electron chi connectivity index (χ2n) is 7.13. The van der Waals surface area contributed by atoms with Crippen LogP contribution in [0.25, 0.3) is 22.6 Å². The van der Waals surface area contributed by atoms with Crippen molar-refractivity contribution in [3.05, 3.63) is 42.3 Å². The number of aryl methyl sites for hydroxylation is 1. The Kier molecular flexibility index (Phi) is 6.36. The summed E-state index contributed by atoms with van der Waals surface area (Å²) in [6.45, 7) is -0.534. The Bertz CT molecular complexity index is 1250. The average molecular weight is 500 g/mol. The molecule has 1 aromatic carbocycles. The predicted molar refractivity (Wildman–Crippen MR) is 108 cm³/mol. The summed E-state index contributed by atoms with van der Waals surface area (Å²) in [6, 6.07) is 6.89. The lowest BCUT2D eigenvalue weighted by atomic mass is 10.1. The van der Waals surface area contributed by atoms with Gasteiger partial charge in [-0.1, -0.05) is 6.07 Å². The molecule has 1 fully saturated rings. The fraction of sp³-hybridized carbons (Fsp3) is 0.278. The van der Waals surface area contributed by atoms with E-state index in [-0.39, 0.29) is 17.1 Å². The lowest BCUT2D eigenvalue weighted by Gasteiger charge is -2.21.